The van der Waals surface area contributed by atoms with Crippen LogP contribution < -0.4 is 14.6 Å². The lowest BCUT2D eigenvalue weighted by molar-refractivity contribution is 0.0154. The van der Waals surface area contributed by atoms with E-state index in [4.69, 9.17) is 9.57 Å². The molecule has 2 aromatic rings. The number of likely N-dealkylation sites (tertiary alicyclic amines) is 1. The van der Waals surface area contributed by atoms with Crippen LogP contribution in [-0.4, -0.2) is 42.8 Å². The molecule has 174 valence electrons. The lowest BCUT2D eigenvalue weighted by atomic mass is 9.85. The third kappa shape index (κ3) is 5.38. The highest BCUT2D eigenvalue weighted by Crippen LogP contribution is 2.41. The van der Waals surface area contributed by atoms with Gasteiger partial charge in [0.25, 0.3) is 0 Å². The van der Waals surface area contributed by atoms with Crippen LogP contribution >= 0.6 is 0 Å². The Hall–Kier alpha value is -2.24. The first-order valence-corrected chi connectivity index (χ1v) is 12.1. The normalized spacial score (nSPS) is 21.8. The second kappa shape index (κ2) is 10.1. The largest absolute Gasteiger partial charge is 0.490 e. The average molecular weight is 439 g/mol. The average Bonchev–Trinajstić information content (AvgIpc) is 2.79. The van der Waals surface area contributed by atoms with Gasteiger partial charge >= 0.3 is 0 Å². The zero-order valence-corrected chi connectivity index (χ0v) is 20.0. The Bertz CT molecular complexity index is 875. The Balaban J connectivity index is 1.49. The lowest BCUT2D eigenvalue weighted by Crippen LogP contribution is -2.40. The number of fused-ring (bicyclic) bond motifs is 1. The molecule has 0 radical (unpaired) electrons. The number of nitrogens with zero attached hydrogens (tertiary/aromatic N) is 2. The maximum atomic E-state index is 10.9. The molecule has 2 unspecified atom stereocenters. The van der Waals surface area contributed by atoms with E-state index >= 15 is 0 Å². The van der Waals surface area contributed by atoms with Crippen molar-refractivity contribution in [1.82, 2.24) is 4.90 Å². The summed E-state index contributed by atoms with van der Waals surface area (Å²) in [7, 11) is 2.17. The summed E-state index contributed by atoms with van der Waals surface area (Å²) in [4.78, 5) is 8.68. The summed E-state index contributed by atoms with van der Waals surface area (Å²) in [6.45, 7) is 9.51. The molecule has 4 rings (SSSR count). The van der Waals surface area contributed by atoms with E-state index in [-0.39, 0.29) is 6.10 Å². The quantitative estimate of drug-likeness (QED) is 0.600. The Morgan fingerprint density at radius 3 is 2.50 bits per heavy atom. The number of hydrogen-bond acceptors (Lipinski definition) is 5. The zero-order chi connectivity index (χ0) is 22.7. The molecule has 0 amide bonds. The van der Waals surface area contributed by atoms with Crippen LogP contribution in [0.3, 0.4) is 0 Å². The minimum Gasteiger partial charge on any atom is -0.490 e. The molecule has 32 heavy (non-hydrogen) atoms. The maximum Gasteiger partial charge on any atom is 0.155 e. The highest BCUT2D eigenvalue weighted by atomic mass is 16.7. The number of benzene rings is 2. The van der Waals surface area contributed by atoms with Gasteiger partial charge < -0.3 is 19.6 Å². The van der Waals surface area contributed by atoms with Crippen molar-refractivity contribution >= 4 is 5.69 Å². The van der Waals surface area contributed by atoms with Crippen LogP contribution in [-0.2, 0) is 6.42 Å². The predicted octanol–water partition coefficient (Wildman–Crippen LogP) is 5.23. The van der Waals surface area contributed by atoms with Crippen molar-refractivity contribution < 1.29 is 14.7 Å². The number of aliphatic hydroxyl groups excluding tert-OH is 1. The fourth-order valence-electron chi connectivity index (χ4n) is 4.75. The third-order valence-electron chi connectivity index (χ3n) is 6.74. The molecule has 2 heterocycles. The number of hydrogen-bond donors (Lipinski definition) is 1. The summed E-state index contributed by atoms with van der Waals surface area (Å²) in [6.07, 6.45) is 3.50. The van der Waals surface area contributed by atoms with Crippen molar-refractivity contribution in [3.05, 3.63) is 53.6 Å². The fourth-order valence-corrected chi connectivity index (χ4v) is 4.75. The number of hydroxylamine groups is 1. The maximum absolute atomic E-state index is 10.9. The molecule has 1 N–H and O–H groups in total. The van der Waals surface area contributed by atoms with Crippen LogP contribution in [0.4, 0.5) is 5.69 Å². The van der Waals surface area contributed by atoms with Gasteiger partial charge in [0.15, 0.2) is 5.75 Å². The number of anilines is 1. The molecular formula is C27H38N2O3. The summed E-state index contributed by atoms with van der Waals surface area (Å²) in [5.74, 6) is 2.48. The molecule has 0 saturated carbocycles. The van der Waals surface area contributed by atoms with Gasteiger partial charge in [-0.05, 0) is 87.1 Å². The van der Waals surface area contributed by atoms with E-state index in [1.165, 1.54) is 5.56 Å². The van der Waals surface area contributed by atoms with Crippen LogP contribution in [0.15, 0.2) is 42.5 Å². The summed E-state index contributed by atoms with van der Waals surface area (Å²) in [6, 6.07) is 14.4. The molecule has 0 aliphatic carbocycles. The van der Waals surface area contributed by atoms with Crippen molar-refractivity contribution in [2.75, 3.05) is 31.7 Å². The van der Waals surface area contributed by atoms with E-state index in [1.807, 2.05) is 23.3 Å². The molecule has 1 fully saturated rings. The first-order chi connectivity index (χ1) is 15.4. The summed E-state index contributed by atoms with van der Waals surface area (Å²) in [5, 5.41) is 12.9. The van der Waals surface area contributed by atoms with Crippen molar-refractivity contribution in [2.24, 2.45) is 11.8 Å². The molecule has 2 aromatic carbocycles. The third-order valence-corrected chi connectivity index (χ3v) is 6.74. The molecular weight excluding hydrogens is 400 g/mol. The minimum atomic E-state index is -0.519. The summed E-state index contributed by atoms with van der Waals surface area (Å²) >= 11 is 0. The van der Waals surface area contributed by atoms with Gasteiger partial charge in [-0.3, -0.25) is 0 Å². The first kappa shape index (κ1) is 22.9. The van der Waals surface area contributed by atoms with E-state index in [1.54, 1.807) is 0 Å². The molecule has 0 bridgehead atoms. The zero-order valence-electron chi connectivity index (χ0n) is 20.0. The van der Waals surface area contributed by atoms with E-state index in [0.29, 0.717) is 18.3 Å². The van der Waals surface area contributed by atoms with E-state index in [0.717, 1.165) is 61.6 Å². The van der Waals surface area contributed by atoms with Gasteiger partial charge in [-0.15, -0.1) is 0 Å². The molecule has 2 atom stereocenters. The van der Waals surface area contributed by atoms with E-state index < -0.39 is 6.10 Å². The van der Waals surface area contributed by atoms with Crippen LogP contribution in [0.1, 0.15) is 57.3 Å². The lowest BCUT2D eigenvalue weighted by Gasteiger charge is -2.38. The van der Waals surface area contributed by atoms with Crippen molar-refractivity contribution in [3.8, 4) is 11.5 Å². The number of piperidine rings is 1. The minimum absolute atomic E-state index is 0.0903. The Labute approximate surface area is 192 Å². The van der Waals surface area contributed by atoms with Crippen LogP contribution in [0.25, 0.3) is 0 Å². The van der Waals surface area contributed by atoms with Gasteiger partial charge in [0.05, 0.1) is 18.3 Å². The van der Waals surface area contributed by atoms with Gasteiger partial charge in [-0.25, -0.2) is 5.06 Å². The molecule has 2 aliphatic heterocycles. The van der Waals surface area contributed by atoms with Gasteiger partial charge in [0.1, 0.15) is 11.9 Å². The number of rotatable bonds is 7. The van der Waals surface area contributed by atoms with Crippen molar-refractivity contribution in [3.63, 3.8) is 0 Å². The monoisotopic (exact) mass is 438 g/mol. The van der Waals surface area contributed by atoms with Crippen LogP contribution in [0, 0.1) is 11.8 Å². The number of aliphatic hydroxyl groups is 1. The van der Waals surface area contributed by atoms with Gasteiger partial charge in [-0.2, -0.15) is 0 Å². The second-order valence-corrected chi connectivity index (χ2v) is 9.81. The van der Waals surface area contributed by atoms with Gasteiger partial charge in [0.2, 0.25) is 0 Å². The van der Waals surface area contributed by atoms with Gasteiger partial charge in [0, 0.05) is 12.0 Å². The van der Waals surface area contributed by atoms with E-state index in [9.17, 15) is 5.11 Å². The Morgan fingerprint density at radius 2 is 1.84 bits per heavy atom. The summed E-state index contributed by atoms with van der Waals surface area (Å²) < 4.78 is 6.36. The van der Waals surface area contributed by atoms with Crippen molar-refractivity contribution in [2.45, 2.75) is 58.7 Å². The molecule has 5 nitrogen and oxygen atoms in total. The second-order valence-electron chi connectivity index (χ2n) is 9.81. The number of aryl methyl sites for hydroxylation is 1. The van der Waals surface area contributed by atoms with Crippen LogP contribution in [0.5, 0.6) is 11.5 Å². The highest BCUT2D eigenvalue weighted by Gasteiger charge is 2.34. The van der Waals surface area contributed by atoms with E-state index in [2.05, 4.69) is 57.0 Å². The highest BCUT2D eigenvalue weighted by molar-refractivity contribution is 5.48. The van der Waals surface area contributed by atoms with Crippen LogP contribution in [0.2, 0.25) is 0 Å². The molecule has 2 aliphatic rings. The SMILES string of the molecule is CCc1ccc(N(CC(C)C)Oc2ccc3c(c2)C(O)CC(C2CCN(C)CC2)O3)cc1. The Kier molecular flexibility index (Phi) is 7.27. The standard InChI is InChI=1S/C27H38N2O3/c1-5-20-6-8-22(9-7-20)29(18-19(2)3)32-23-10-11-26-24(16-23)25(30)17-27(31-26)21-12-14-28(4)15-13-21/h6-11,16,19,21,25,27,30H,5,12-15,17-18H2,1-4H3. The first-order valence-electron chi connectivity index (χ1n) is 12.1. The van der Waals surface area contributed by atoms with Crippen molar-refractivity contribution in [1.29, 1.82) is 0 Å². The topological polar surface area (TPSA) is 45.2 Å². The number of ether oxygens (including phenoxy) is 1. The smallest absolute Gasteiger partial charge is 0.155 e. The predicted molar refractivity (Wildman–Crippen MR) is 129 cm³/mol. The molecule has 0 spiro atoms. The summed E-state index contributed by atoms with van der Waals surface area (Å²) in [5.41, 5.74) is 3.18. The Morgan fingerprint density at radius 1 is 1.12 bits per heavy atom. The molecule has 1 saturated heterocycles. The van der Waals surface area contributed by atoms with Gasteiger partial charge in [-0.1, -0.05) is 32.9 Å². The molecule has 5 heteroatoms. The fraction of sp³-hybridized carbons (Fsp3) is 0.556. The molecule has 0 aromatic heterocycles.